The SMILES string of the molecule is Cc1c(CNc2ccc(F)cc2OCC(F)F)cnn1C. The van der Waals surface area contributed by atoms with Gasteiger partial charge in [-0.25, -0.2) is 13.2 Å². The first kappa shape index (κ1) is 15.2. The van der Waals surface area contributed by atoms with Crippen LogP contribution in [0.2, 0.25) is 0 Å². The van der Waals surface area contributed by atoms with Crippen LogP contribution in [0.1, 0.15) is 11.3 Å². The maximum atomic E-state index is 13.2. The van der Waals surface area contributed by atoms with Gasteiger partial charge in [-0.2, -0.15) is 5.10 Å². The molecule has 2 aromatic rings. The normalized spacial score (nSPS) is 11.0. The third-order valence-electron chi connectivity index (χ3n) is 3.11. The van der Waals surface area contributed by atoms with Crippen LogP contribution in [0.25, 0.3) is 0 Å². The topological polar surface area (TPSA) is 39.1 Å². The molecular weight excluding hydrogens is 283 g/mol. The van der Waals surface area contributed by atoms with Gasteiger partial charge in [-0.15, -0.1) is 0 Å². The zero-order chi connectivity index (χ0) is 15.4. The Morgan fingerprint density at radius 1 is 1.38 bits per heavy atom. The number of alkyl halides is 2. The van der Waals surface area contributed by atoms with E-state index >= 15 is 0 Å². The highest BCUT2D eigenvalue weighted by atomic mass is 19.3. The molecule has 21 heavy (non-hydrogen) atoms. The van der Waals surface area contributed by atoms with Crippen LogP contribution in [0.4, 0.5) is 18.9 Å². The molecule has 1 heterocycles. The van der Waals surface area contributed by atoms with Crippen molar-refractivity contribution in [3.63, 3.8) is 0 Å². The average molecular weight is 299 g/mol. The van der Waals surface area contributed by atoms with E-state index in [9.17, 15) is 13.2 Å². The second-order valence-electron chi connectivity index (χ2n) is 4.57. The van der Waals surface area contributed by atoms with Gasteiger partial charge in [0.15, 0.2) is 0 Å². The lowest BCUT2D eigenvalue weighted by molar-refractivity contribution is 0.0821. The van der Waals surface area contributed by atoms with E-state index in [2.05, 4.69) is 10.4 Å². The van der Waals surface area contributed by atoms with E-state index in [4.69, 9.17) is 4.74 Å². The summed E-state index contributed by atoms with van der Waals surface area (Å²) in [6.45, 7) is 1.59. The van der Waals surface area contributed by atoms with Crippen molar-refractivity contribution in [2.75, 3.05) is 11.9 Å². The summed E-state index contributed by atoms with van der Waals surface area (Å²) in [6.07, 6.45) is -0.896. The summed E-state index contributed by atoms with van der Waals surface area (Å²) < 4.78 is 44.3. The molecular formula is C14H16F3N3O. The molecule has 1 N–H and O–H groups in total. The van der Waals surface area contributed by atoms with Gasteiger partial charge in [-0.1, -0.05) is 0 Å². The molecule has 1 aromatic carbocycles. The van der Waals surface area contributed by atoms with Crippen molar-refractivity contribution in [3.8, 4) is 5.75 Å². The first-order valence-electron chi connectivity index (χ1n) is 6.39. The van der Waals surface area contributed by atoms with Gasteiger partial charge in [0.2, 0.25) is 0 Å². The average Bonchev–Trinajstić information content (AvgIpc) is 2.75. The number of nitrogens with one attached hydrogen (secondary N) is 1. The molecule has 0 fully saturated rings. The summed E-state index contributed by atoms with van der Waals surface area (Å²) in [5, 5.41) is 7.16. The molecule has 0 aliphatic carbocycles. The number of aromatic nitrogens is 2. The number of hydrogen-bond acceptors (Lipinski definition) is 3. The maximum absolute atomic E-state index is 13.2. The monoisotopic (exact) mass is 299 g/mol. The summed E-state index contributed by atoms with van der Waals surface area (Å²) in [4.78, 5) is 0. The van der Waals surface area contributed by atoms with E-state index in [0.717, 1.165) is 17.3 Å². The number of benzene rings is 1. The number of nitrogens with zero attached hydrogens (tertiary/aromatic N) is 2. The molecule has 0 saturated carbocycles. The largest absolute Gasteiger partial charge is 0.485 e. The predicted octanol–water partition coefficient (Wildman–Crippen LogP) is 3.12. The van der Waals surface area contributed by atoms with Crippen LogP contribution < -0.4 is 10.1 Å². The van der Waals surface area contributed by atoms with Crippen molar-refractivity contribution in [1.29, 1.82) is 0 Å². The van der Waals surface area contributed by atoms with Crippen LogP contribution in [0, 0.1) is 12.7 Å². The van der Waals surface area contributed by atoms with Gasteiger partial charge in [0.25, 0.3) is 6.43 Å². The van der Waals surface area contributed by atoms with Gasteiger partial charge in [0.05, 0.1) is 11.9 Å². The first-order chi connectivity index (χ1) is 9.97. The highest BCUT2D eigenvalue weighted by Crippen LogP contribution is 2.26. The standard InChI is InChI=1S/C14H16F3N3O/c1-9-10(7-19-20(9)2)6-18-12-4-3-11(15)5-13(12)21-8-14(16)17/h3-5,7,14,18H,6,8H2,1-2H3. The molecule has 0 aliphatic heterocycles. The molecule has 2 rings (SSSR count). The lowest BCUT2D eigenvalue weighted by Crippen LogP contribution is -2.09. The van der Waals surface area contributed by atoms with Crippen LogP contribution in [-0.2, 0) is 13.6 Å². The molecule has 0 radical (unpaired) electrons. The van der Waals surface area contributed by atoms with Crippen molar-refractivity contribution in [1.82, 2.24) is 9.78 Å². The highest BCUT2D eigenvalue weighted by molar-refractivity contribution is 5.56. The summed E-state index contributed by atoms with van der Waals surface area (Å²) in [7, 11) is 1.83. The second-order valence-corrected chi connectivity index (χ2v) is 4.57. The van der Waals surface area contributed by atoms with Crippen LogP contribution in [0.15, 0.2) is 24.4 Å². The fourth-order valence-corrected chi connectivity index (χ4v) is 1.82. The van der Waals surface area contributed by atoms with Gasteiger partial charge >= 0.3 is 0 Å². The maximum Gasteiger partial charge on any atom is 0.272 e. The first-order valence-corrected chi connectivity index (χ1v) is 6.39. The Kier molecular flexibility index (Phi) is 4.72. The summed E-state index contributed by atoms with van der Waals surface area (Å²) >= 11 is 0. The van der Waals surface area contributed by atoms with Crippen molar-refractivity contribution in [2.24, 2.45) is 7.05 Å². The number of anilines is 1. The Morgan fingerprint density at radius 3 is 2.76 bits per heavy atom. The zero-order valence-corrected chi connectivity index (χ0v) is 11.7. The van der Waals surface area contributed by atoms with E-state index < -0.39 is 18.8 Å². The lowest BCUT2D eigenvalue weighted by Gasteiger charge is -2.13. The van der Waals surface area contributed by atoms with Crippen molar-refractivity contribution < 1.29 is 17.9 Å². The number of halogens is 3. The Balaban J connectivity index is 2.10. The molecule has 114 valence electrons. The Hall–Kier alpha value is -2.18. The van der Waals surface area contributed by atoms with Gasteiger partial charge in [0, 0.05) is 30.9 Å². The Labute approximate surface area is 120 Å². The molecule has 0 spiro atoms. The quantitative estimate of drug-likeness (QED) is 0.890. The second kappa shape index (κ2) is 6.51. The van der Waals surface area contributed by atoms with E-state index in [1.54, 1.807) is 10.9 Å². The molecule has 7 heteroatoms. The van der Waals surface area contributed by atoms with Gasteiger partial charge in [-0.3, -0.25) is 4.68 Å². The highest BCUT2D eigenvalue weighted by Gasteiger charge is 2.10. The number of aryl methyl sites for hydroxylation is 1. The minimum absolute atomic E-state index is 0.0665. The third-order valence-corrected chi connectivity index (χ3v) is 3.11. The molecule has 0 aliphatic rings. The van der Waals surface area contributed by atoms with Crippen LogP contribution in [0.5, 0.6) is 5.75 Å². The Morgan fingerprint density at radius 2 is 2.14 bits per heavy atom. The van der Waals surface area contributed by atoms with E-state index in [0.29, 0.717) is 12.2 Å². The van der Waals surface area contributed by atoms with Crippen molar-refractivity contribution >= 4 is 5.69 Å². The van der Waals surface area contributed by atoms with Crippen molar-refractivity contribution in [3.05, 3.63) is 41.5 Å². The van der Waals surface area contributed by atoms with Gasteiger partial charge in [-0.05, 0) is 19.1 Å². The van der Waals surface area contributed by atoms with E-state index in [1.807, 2.05) is 14.0 Å². The number of ether oxygens (including phenoxy) is 1. The predicted molar refractivity (Wildman–Crippen MR) is 73.2 cm³/mol. The Bertz CT molecular complexity index is 614. The molecule has 0 amide bonds. The van der Waals surface area contributed by atoms with E-state index in [1.165, 1.54) is 12.1 Å². The molecule has 0 atom stereocenters. The summed E-state index contributed by atoms with van der Waals surface area (Å²) in [6, 6.07) is 3.79. The molecule has 0 unspecified atom stereocenters. The minimum Gasteiger partial charge on any atom is -0.485 e. The summed E-state index contributed by atoms with van der Waals surface area (Å²) in [5.41, 5.74) is 2.40. The number of rotatable bonds is 6. The van der Waals surface area contributed by atoms with Crippen LogP contribution >= 0.6 is 0 Å². The third kappa shape index (κ3) is 3.90. The van der Waals surface area contributed by atoms with E-state index in [-0.39, 0.29) is 5.75 Å². The van der Waals surface area contributed by atoms with Crippen LogP contribution in [0.3, 0.4) is 0 Å². The van der Waals surface area contributed by atoms with Gasteiger partial charge < -0.3 is 10.1 Å². The van der Waals surface area contributed by atoms with Crippen molar-refractivity contribution in [2.45, 2.75) is 19.9 Å². The molecule has 0 saturated heterocycles. The number of hydrogen-bond donors (Lipinski definition) is 1. The minimum atomic E-state index is -2.61. The fraction of sp³-hybridized carbons (Fsp3) is 0.357. The smallest absolute Gasteiger partial charge is 0.272 e. The lowest BCUT2D eigenvalue weighted by atomic mass is 10.2. The molecule has 4 nitrogen and oxygen atoms in total. The van der Waals surface area contributed by atoms with Gasteiger partial charge in [0.1, 0.15) is 18.2 Å². The zero-order valence-electron chi connectivity index (χ0n) is 11.7. The molecule has 0 bridgehead atoms. The fourth-order valence-electron chi connectivity index (χ4n) is 1.82. The summed E-state index contributed by atoms with van der Waals surface area (Å²) in [5.74, 6) is -0.473. The van der Waals surface area contributed by atoms with Crippen LogP contribution in [-0.4, -0.2) is 22.8 Å². The molecule has 1 aromatic heterocycles.